The number of piperidine rings is 1. The van der Waals surface area contributed by atoms with E-state index in [9.17, 15) is 9.18 Å². The van der Waals surface area contributed by atoms with Gasteiger partial charge in [0.15, 0.2) is 5.82 Å². The van der Waals surface area contributed by atoms with Gasteiger partial charge in [0.25, 0.3) is 0 Å². The number of hydrogen-bond donors (Lipinski definition) is 2. The summed E-state index contributed by atoms with van der Waals surface area (Å²) in [5, 5.41) is 14.0. The van der Waals surface area contributed by atoms with Gasteiger partial charge in [0.05, 0.1) is 5.69 Å². The van der Waals surface area contributed by atoms with Crippen LogP contribution in [0, 0.1) is 5.82 Å². The molecule has 2 aromatic carbocycles. The second-order valence-electron chi connectivity index (χ2n) is 6.99. The Labute approximate surface area is 168 Å². The van der Waals surface area contributed by atoms with Gasteiger partial charge in [-0.3, -0.25) is 0 Å². The van der Waals surface area contributed by atoms with Gasteiger partial charge in [-0.1, -0.05) is 18.2 Å². The SMILES string of the molecule is O=C(Nc1ccc(-c2ccc(N3CCCCC3)nn2)cc1)Nc1cccc(F)c1. The summed E-state index contributed by atoms with van der Waals surface area (Å²) < 4.78 is 13.2. The van der Waals surface area contributed by atoms with Crippen LogP contribution in [0.3, 0.4) is 0 Å². The third-order valence-corrected chi connectivity index (χ3v) is 4.85. The van der Waals surface area contributed by atoms with Gasteiger partial charge in [0.2, 0.25) is 0 Å². The first-order valence-corrected chi connectivity index (χ1v) is 9.70. The fourth-order valence-corrected chi connectivity index (χ4v) is 3.35. The summed E-state index contributed by atoms with van der Waals surface area (Å²) in [7, 11) is 0. The summed E-state index contributed by atoms with van der Waals surface area (Å²) in [6.45, 7) is 2.07. The van der Waals surface area contributed by atoms with E-state index in [4.69, 9.17) is 0 Å². The second-order valence-corrected chi connectivity index (χ2v) is 6.99. The lowest BCUT2D eigenvalue weighted by molar-refractivity contribution is 0.262. The molecule has 0 unspecified atom stereocenters. The maximum atomic E-state index is 13.2. The molecule has 1 aliphatic rings. The highest BCUT2D eigenvalue weighted by Crippen LogP contribution is 2.22. The average molecular weight is 391 g/mol. The predicted molar refractivity (Wildman–Crippen MR) is 113 cm³/mol. The lowest BCUT2D eigenvalue weighted by Gasteiger charge is -2.27. The maximum Gasteiger partial charge on any atom is 0.323 e. The molecule has 6 nitrogen and oxygen atoms in total. The topological polar surface area (TPSA) is 70.2 Å². The van der Waals surface area contributed by atoms with Crippen molar-refractivity contribution < 1.29 is 9.18 Å². The smallest absolute Gasteiger partial charge is 0.323 e. The number of nitrogens with zero attached hydrogens (tertiary/aromatic N) is 3. The van der Waals surface area contributed by atoms with Crippen LogP contribution in [0.15, 0.2) is 60.7 Å². The normalized spacial score (nSPS) is 13.8. The number of urea groups is 1. The van der Waals surface area contributed by atoms with Crippen LogP contribution in [0.4, 0.5) is 26.4 Å². The molecule has 2 N–H and O–H groups in total. The van der Waals surface area contributed by atoms with Crippen molar-refractivity contribution >= 4 is 23.2 Å². The van der Waals surface area contributed by atoms with Crippen molar-refractivity contribution in [1.82, 2.24) is 10.2 Å². The number of carbonyl (C=O) groups is 1. The monoisotopic (exact) mass is 391 g/mol. The van der Waals surface area contributed by atoms with Crippen LogP contribution in [-0.4, -0.2) is 29.3 Å². The van der Waals surface area contributed by atoms with Crippen molar-refractivity contribution in [3.63, 3.8) is 0 Å². The molecule has 1 saturated heterocycles. The van der Waals surface area contributed by atoms with E-state index in [1.807, 2.05) is 24.3 Å². The Morgan fingerprint density at radius 2 is 1.62 bits per heavy atom. The molecular weight excluding hydrogens is 369 g/mol. The standard InChI is InChI=1S/C22H22FN5O/c23-17-5-4-6-19(15-17)25-22(29)24-18-9-7-16(8-10-18)20-11-12-21(27-26-20)28-13-2-1-3-14-28/h4-12,15H,1-3,13-14H2,(H2,24,25,29). The average Bonchev–Trinajstić information content (AvgIpc) is 2.75. The molecule has 148 valence electrons. The molecule has 1 aromatic heterocycles. The van der Waals surface area contributed by atoms with Gasteiger partial charge >= 0.3 is 6.03 Å². The van der Waals surface area contributed by atoms with Crippen LogP contribution in [0.2, 0.25) is 0 Å². The van der Waals surface area contributed by atoms with E-state index in [2.05, 4.69) is 25.7 Å². The van der Waals surface area contributed by atoms with Crippen molar-refractivity contribution in [2.24, 2.45) is 0 Å². The largest absolute Gasteiger partial charge is 0.355 e. The van der Waals surface area contributed by atoms with Crippen LogP contribution in [0.1, 0.15) is 19.3 Å². The Kier molecular flexibility index (Phi) is 5.65. The number of halogens is 1. The molecule has 0 atom stereocenters. The minimum Gasteiger partial charge on any atom is -0.355 e. The van der Waals surface area contributed by atoms with Gasteiger partial charge < -0.3 is 15.5 Å². The summed E-state index contributed by atoms with van der Waals surface area (Å²) in [6.07, 6.45) is 3.68. The molecule has 1 aliphatic heterocycles. The molecule has 0 saturated carbocycles. The van der Waals surface area contributed by atoms with Gasteiger partial charge in [-0.05, 0) is 61.7 Å². The molecule has 0 spiro atoms. The van der Waals surface area contributed by atoms with Gasteiger partial charge in [-0.25, -0.2) is 9.18 Å². The first kappa shape index (κ1) is 18.9. The Balaban J connectivity index is 1.37. The third kappa shape index (κ3) is 4.87. The fourth-order valence-electron chi connectivity index (χ4n) is 3.35. The van der Waals surface area contributed by atoms with Gasteiger partial charge in [-0.2, -0.15) is 0 Å². The highest BCUT2D eigenvalue weighted by molar-refractivity contribution is 5.99. The number of benzene rings is 2. The number of hydrogen-bond acceptors (Lipinski definition) is 4. The fraction of sp³-hybridized carbons (Fsp3) is 0.227. The van der Waals surface area contributed by atoms with Crippen LogP contribution in [0.5, 0.6) is 0 Å². The van der Waals surface area contributed by atoms with Crippen molar-refractivity contribution in [2.45, 2.75) is 19.3 Å². The minimum absolute atomic E-state index is 0.392. The minimum atomic E-state index is -0.436. The summed E-state index contributed by atoms with van der Waals surface area (Å²) in [6, 6.07) is 16.6. The van der Waals surface area contributed by atoms with E-state index in [-0.39, 0.29) is 0 Å². The number of aromatic nitrogens is 2. The zero-order valence-corrected chi connectivity index (χ0v) is 15.9. The summed E-state index contributed by atoms with van der Waals surface area (Å²) in [5.41, 5.74) is 2.71. The third-order valence-electron chi connectivity index (χ3n) is 4.85. The zero-order valence-electron chi connectivity index (χ0n) is 15.9. The van der Waals surface area contributed by atoms with Gasteiger partial charge in [-0.15, -0.1) is 10.2 Å². The Morgan fingerprint density at radius 1 is 0.862 bits per heavy atom. The van der Waals surface area contributed by atoms with E-state index in [1.165, 1.54) is 37.5 Å². The summed E-state index contributed by atoms with van der Waals surface area (Å²) in [4.78, 5) is 14.3. The summed E-state index contributed by atoms with van der Waals surface area (Å²) >= 11 is 0. The van der Waals surface area contributed by atoms with E-state index < -0.39 is 11.8 Å². The highest BCUT2D eigenvalue weighted by atomic mass is 19.1. The Morgan fingerprint density at radius 3 is 2.31 bits per heavy atom. The van der Waals surface area contributed by atoms with Crippen molar-refractivity contribution in [3.05, 3.63) is 66.5 Å². The Bertz CT molecular complexity index is 969. The van der Waals surface area contributed by atoms with E-state index in [1.54, 1.807) is 18.2 Å². The molecule has 29 heavy (non-hydrogen) atoms. The van der Waals surface area contributed by atoms with Crippen LogP contribution in [0.25, 0.3) is 11.3 Å². The molecule has 2 amide bonds. The summed E-state index contributed by atoms with van der Waals surface area (Å²) in [5.74, 6) is 0.514. The first-order valence-electron chi connectivity index (χ1n) is 9.70. The van der Waals surface area contributed by atoms with Crippen molar-refractivity contribution in [1.29, 1.82) is 0 Å². The van der Waals surface area contributed by atoms with Crippen molar-refractivity contribution in [3.8, 4) is 11.3 Å². The Hall–Kier alpha value is -3.48. The number of carbonyl (C=O) groups excluding carboxylic acids is 1. The molecule has 0 bridgehead atoms. The van der Waals surface area contributed by atoms with Crippen LogP contribution in [-0.2, 0) is 0 Å². The lowest BCUT2D eigenvalue weighted by atomic mass is 10.1. The van der Waals surface area contributed by atoms with E-state index in [0.29, 0.717) is 11.4 Å². The second kappa shape index (κ2) is 8.68. The maximum absolute atomic E-state index is 13.2. The molecule has 4 rings (SSSR count). The van der Waals surface area contributed by atoms with Crippen LogP contribution >= 0.6 is 0 Å². The molecule has 0 aliphatic carbocycles. The molecule has 1 fully saturated rings. The molecule has 7 heteroatoms. The van der Waals surface area contributed by atoms with Gasteiger partial charge in [0, 0.05) is 30.0 Å². The molecule has 3 aromatic rings. The number of rotatable bonds is 4. The number of nitrogens with one attached hydrogen (secondary N) is 2. The van der Waals surface area contributed by atoms with Gasteiger partial charge in [0.1, 0.15) is 5.82 Å². The van der Waals surface area contributed by atoms with E-state index in [0.717, 1.165) is 30.2 Å². The zero-order chi connectivity index (χ0) is 20.1. The molecule has 0 radical (unpaired) electrons. The quantitative estimate of drug-likeness (QED) is 0.662. The van der Waals surface area contributed by atoms with Crippen molar-refractivity contribution in [2.75, 3.05) is 28.6 Å². The number of anilines is 3. The van der Waals surface area contributed by atoms with E-state index >= 15 is 0 Å². The molecular formula is C22H22FN5O. The lowest BCUT2D eigenvalue weighted by Crippen LogP contribution is -2.30. The number of amides is 2. The van der Waals surface area contributed by atoms with Crippen LogP contribution < -0.4 is 15.5 Å². The highest BCUT2D eigenvalue weighted by Gasteiger charge is 2.12. The molecule has 2 heterocycles. The first-order chi connectivity index (χ1) is 14.2. The predicted octanol–water partition coefficient (Wildman–Crippen LogP) is 4.92.